The van der Waals surface area contributed by atoms with Gasteiger partial charge in [-0.3, -0.25) is 4.79 Å². The van der Waals surface area contributed by atoms with Gasteiger partial charge in [-0.2, -0.15) is 0 Å². The molecule has 1 heterocycles. The predicted molar refractivity (Wildman–Crippen MR) is 113 cm³/mol. The highest BCUT2D eigenvalue weighted by Crippen LogP contribution is 2.34. The summed E-state index contributed by atoms with van der Waals surface area (Å²) in [6.07, 6.45) is 0. The van der Waals surface area contributed by atoms with Gasteiger partial charge in [-0.15, -0.1) is 0 Å². The fourth-order valence-corrected chi connectivity index (χ4v) is 6.15. The molecule has 0 saturated carbocycles. The molecule has 1 aliphatic heterocycles. The van der Waals surface area contributed by atoms with E-state index in [0.29, 0.717) is 4.31 Å². The summed E-state index contributed by atoms with van der Waals surface area (Å²) in [5, 5.41) is 0. The van der Waals surface area contributed by atoms with Crippen LogP contribution in [0.1, 0.15) is 25.0 Å². The number of benzene rings is 2. The average Bonchev–Trinajstić information content (AvgIpc) is 2.89. The number of carbonyl (C=O) groups is 1. The molecule has 1 unspecified atom stereocenters. The largest absolute Gasteiger partial charge is 0.492 e. The summed E-state index contributed by atoms with van der Waals surface area (Å²) in [6, 6.07) is 11.3. The third-order valence-corrected chi connectivity index (χ3v) is 7.99. The van der Waals surface area contributed by atoms with E-state index in [-0.39, 0.29) is 35.2 Å². The van der Waals surface area contributed by atoms with Crippen LogP contribution in [0.4, 0.5) is 5.69 Å². The van der Waals surface area contributed by atoms with Gasteiger partial charge in [-0.1, -0.05) is 36.8 Å². The fraction of sp³-hybridized carbons (Fsp3) is 0.350. The topological polar surface area (TPSA) is 110 Å². The number of ether oxygens (including phenoxy) is 1. The molecular formula is C20H24N2O6S2. The third kappa shape index (κ3) is 4.50. The quantitative estimate of drug-likeness (QED) is 0.690. The van der Waals surface area contributed by atoms with E-state index in [9.17, 15) is 21.6 Å². The number of nitrogens with zero attached hydrogens (tertiary/aromatic N) is 1. The Morgan fingerprint density at radius 2 is 1.83 bits per heavy atom. The van der Waals surface area contributed by atoms with Gasteiger partial charge < -0.3 is 4.74 Å². The Kier molecular flexibility index (Phi) is 6.21. The van der Waals surface area contributed by atoms with Gasteiger partial charge in [0, 0.05) is 6.54 Å². The molecule has 0 bridgehead atoms. The maximum Gasteiger partial charge on any atom is 0.244 e. The first-order valence-corrected chi connectivity index (χ1v) is 12.5. The van der Waals surface area contributed by atoms with Crippen LogP contribution in [-0.4, -0.2) is 35.1 Å². The SMILES string of the molecule is CCOc1ccc(N2C(=O)C(C)CS2(=O)=O)cc1S(=O)(=O)NCc1ccc(C)cc1. The van der Waals surface area contributed by atoms with Gasteiger partial charge in [0.1, 0.15) is 10.6 Å². The van der Waals surface area contributed by atoms with E-state index in [0.717, 1.165) is 17.2 Å². The number of anilines is 1. The molecular weight excluding hydrogens is 428 g/mol. The molecule has 2 aromatic carbocycles. The number of carbonyl (C=O) groups excluding carboxylic acids is 1. The molecule has 162 valence electrons. The maximum atomic E-state index is 13.0. The zero-order valence-electron chi connectivity index (χ0n) is 17.0. The summed E-state index contributed by atoms with van der Waals surface area (Å²) < 4.78 is 59.4. The number of rotatable bonds is 7. The van der Waals surface area contributed by atoms with E-state index in [4.69, 9.17) is 4.74 Å². The van der Waals surface area contributed by atoms with Gasteiger partial charge in [0.15, 0.2) is 0 Å². The number of sulfonamides is 2. The van der Waals surface area contributed by atoms with Crippen molar-refractivity contribution >= 4 is 31.6 Å². The first-order valence-electron chi connectivity index (χ1n) is 9.44. The van der Waals surface area contributed by atoms with E-state index in [2.05, 4.69) is 4.72 Å². The van der Waals surface area contributed by atoms with Gasteiger partial charge >= 0.3 is 0 Å². The molecule has 0 radical (unpaired) electrons. The number of nitrogens with one attached hydrogen (secondary N) is 1. The van der Waals surface area contributed by atoms with Gasteiger partial charge in [0.05, 0.1) is 24.0 Å². The van der Waals surface area contributed by atoms with E-state index >= 15 is 0 Å². The molecule has 1 atom stereocenters. The Hall–Kier alpha value is -2.43. The van der Waals surface area contributed by atoms with E-state index in [1.54, 1.807) is 6.92 Å². The predicted octanol–water partition coefficient (Wildman–Crippen LogP) is 2.18. The highest BCUT2D eigenvalue weighted by atomic mass is 32.2. The Morgan fingerprint density at radius 1 is 1.17 bits per heavy atom. The van der Waals surface area contributed by atoms with Crippen molar-refractivity contribution in [2.45, 2.75) is 32.2 Å². The fourth-order valence-electron chi connectivity index (χ4n) is 3.16. The third-order valence-electron chi connectivity index (χ3n) is 4.70. The minimum atomic E-state index is -4.05. The summed E-state index contributed by atoms with van der Waals surface area (Å²) in [7, 11) is -7.91. The van der Waals surface area contributed by atoms with Crippen molar-refractivity contribution in [1.29, 1.82) is 0 Å². The lowest BCUT2D eigenvalue weighted by Crippen LogP contribution is -2.31. The van der Waals surface area contributed by atoms with Gasteiger partial charge in [-0.25, -0.2) is 25.9 Å². The zero-order valence-corrected chi connectivity index (χ0v) is 18.6. The van der Waals surface area contributed by atoms with Crippen LogP contribution in [0.25, 0.3) is 0 Å². The molecule has 1 amide bonds. The molecule has 2 aromatic rings. The second-order valence-electron chi connectivity index (χ2n) is 7.16. The normalized spacial score (nSPS) is 18.6. The van der Waals surface area contributed by atoms with Crippen LogP contribution in [0.5, 0.6) is 5.75 Å². The molecule has 1 saturated heterocycles. The molecule has 3 rings (SSSR count). The monoisotopic (exact) mass is 452 g/mol. The average molecular weight is 453 g/mol. The maximum absolute atomic E-state index is 13.0. The Bertz CT molecular complexity index is 1160. The second-order valence-corrected chi connectivity index (χ2v) is 10.8. The molecule has 1 fully saturated rings. The van der Waals surface area contributed by atoms with Gasteiger partial charge in [-0.05, 0) is 37.6 Å². The number of hydrogen-bond acceptors (Lipinski definition) is 6. The highest BCUT2D eigenvalue weighted by molar-refractivity contribution is 7.94. The van der Waals surface area contributed by atoms with Crippen molar-refractivity contribution in [2.75, 3.05) is 16.7 Å². The van der Waals surface area contributed by atoms with Crippen molar-refractivity contribution in [3.8, 4) is 5.75 Å². The lowest BCUT2D eigenvalue weighted by Gasteiger charge is -2.18. The second kappa shape index (κ2) is 8.37. The number of hydrogen-bond donors (Lipinski definition) is 1. The van der Waals surface area contributed by atoms with Crippen molar-refractivity contribution in [3.63, 3.8) is 0 Å². The van der Waals surface area contributed by atoms with Gasteiger partial charge in [0.2, 0.25) is 26.0 Å². The Balaban J connectivity index is 1.98. The van der Waals surface area contributed by atoms with Crippen molar-refractivity contribution in [2.24, 2.45) is 5.92 Å². The minimum Gasteiger partial charge on any atom is -0.492 e. The first kappa shape index (κ1) is 22.3. The summed E-state index contributed by atoms with van der Waals surface area (Å²) in [5.74, 6) is -1.52. The smallest absolute Gasteiger partial charge is 0.244 e. The van der Waals surface area contributed by atoms with Crippen LogP contribution in [0, 0.1) is 12.8 Å². The molecule has 8 nitrogen and oxygen atoms in total. The van der Waals surface area contributed by atoms with Crippen LogP contribution < -0.4 is 13.8 Å². The number of aryl methyl sites for hydroxylation is 1. The van der Waals surface area contributed by atoms with Crippen molar-refractivity contribution < 1.29 is 26.4 Å². The van der Waals surface area contributed by atoms with E-state index in [1.807, 2.05) is 31.2 Å². The molecule has 30 heavy (non-hydrogen) atoms. The van der Waals surface area contributed by atoms with Crippen LogP contribution in [0.2, 0.25) is 0 Å². The Labute approximate surface area is 177 Å². The summed E-state index contributed by atoms with van der Waals surface area (Å²) in [6.45, 7) is 5.44. The molecule has 1 aliphatic rings. The molecule has 0 aromatic heterocycles. The van der Waals surface area contributed by atoms with E-state index in [1.165, 1.54) is 19.1 Å². The molecule has 1 N–H and O–H groups in total. The minimum absolute atomic E-state index is 0.0245. The van der Waals surface area contributed by atoms with Crippen LogP contribution >= 0.6 is 0 Å². The summed E-state index contributed by atoms with van der Waals surface area (Å²) in [4.78, 5) is 12.2. The Morgan fingerprint density at radius 3 is 2.40 bits per heavy atom. The van der Waals surface area contributed by atoms with Crippen LogP contribution in [-0.2, 0) is 31.4 Å². The highest BCUT2D eigenvalue weighted by Gasteiger charge is 2.42. The first-order chi connectivity index (χ1) is 14.0. The lowest BCUT2D eigenvalue weighted by molar-refractivity contribution is -0.119. The van der Waals surface area contributed by atoms with Gasteiger partial charge in [0.25, 0.3) is 0 Å². The molecule has 10 heteroatoms. The van der Waals surface area contributed by atoms with Crippen LogP contribution in [0.15, 0.2) is 47.4 Å². The molecule has 0 aliphatic carbocycles. The summed E-state index contributed by atoms with van der Waals surface area (Å²) >= 11 is 0. The van der Waals surface area contributed by atoms with Crippen molar-refractivity contribution in [1.82, 2.24) is 4.72 Å². The standard InChI is InChI=1S/C20H24N2O6S2/c1-4-28-18-10-9-17(22-20(23)15(3)13-29(22,24)25)11-19(18)30(26,27)21-12-16-7-5-14(2)6-8-16/h5-11,15,21H,4,12-13H2,1-3H3. The molecule has 0 spiro atoms. The van der Waals surface area contributed by atoms with E-state index < -0.39 is 31.9 Å². The number of amides is 1. The lowest BCUT2D eigenvalue weighted by atomic mass is 10.2. The van der Waals surface area contributed by atoms with Crippen molar-refractivity contribution in [3.05, 3.63) is 53.6 Å². The summed E-state index contributed by atoms with van der Waals surface area (Å²) in [5.41, 5.74) is 1.80. The zero-order chi connectivity index (χ0) is 22.1. The van der Waals surface area contributed by atoms with Crippen LogP contribution in [0.3, 0.4) is 0 Å².